The Labute approximate surface area is 129 Å². The summed E-state index contributed by atoms with van der Waals surface area (Å²) in [6.45, 7) is 10.3. The van der Waals surface area contributed by atoms with Crippen LogP contribution in [0.2, 0.25) is 0 Å². The molecule has 0 aromatic carbocycles. The quantitative estimate of drug-likeness (QED) is 0.693. The van der Waals surface area contributed by atoms with Gasteiger partial charge in [0, 0.05) is 16.7 Å². The molecule has 1 aliphatic heterocycles. The molecule has 3 nitrogen and oxygen atoms in total. The summed E-state index contributed by atoms with van der Waals surface area (Å²) in [5.74, 6) is 0.860. The van der Waals surface area contributed by atoms with E-state index < -0.39 is 5.60 Å². The molecule has 0 aromatic rings. The van der Waals surface area contributed by atoms with Crippen molar-refractivity contribution >= 4 is 28.4 Å². The van der Waals surface area contributed by atoms with E-state index in [9.17, 15) is 5.11 Å². The van der Waals surface area contributed by atoms with E-state index in [-0.39, 0.29) is 11.3 Å². The summed E-state index contributed by atoms with van der Waals surface area (Å²) < 4.78 is 0.984. The van der Waals surface area contributed by atoms with E-state index in [1.807, 2.05) is 6.92 Å². The van der Waals surface area contributed by atoms with Gasteiger partial charge >= 0.3 is 0 Å². The fourth-order valence-electron chi connectivity index (χ4n) is 2.39. The Bertz CT molecular complexity index is 455. The van der Waals surface area contributed by atoms with E-state index in [1.165, 1.54) is 5.57 Å². The molecule has 0 spiro atoms. The van der Waals surface area contributed by atoms with Crippen molar-refractivity contribution in [2.75, 3.05) is 13.1 Å². The van der Waals surface area contributed by atoms with Crippen LogP contribution in [0, 0.1) is 11.3 Å². The van der Waals surface area contributed by atoms with Gasteiger partial charge in [0.1, 0.15) is 11.4 Å². The third kappa shape index (κ3) is 3.05. The highest BCUT2D eigenvalue weighted by Crippen LogP contribution is 2.42. The number of nitrogens with zero attached hydrogens (tertiary/aromatic N) is 1. The fourth-order valence-corrected chi connectivity index (χ4v) is 3.06. The van der Waals surface area contributed by atoms with Crippen molar-refractivity contribution in [3.05, 3.63) is 21.3 Å². The highest BCUT2D eigenvalue weighted by molar-refractivity contribution is 14.1. The topological polar surface area (TPSA) is 44.6 Å². The Hall–Kier alpha value is -0.360. The first-order chi connectivity index (χ1) is 8.73. The highest BCUT2D eigenvalue weighted by Gasteiger charge is 2.41. The van der Waals surface area contributed by atoms with Gasteiger partial charge in [-0.3, -0.25) is 4.99 Å². The summed E-state index contributed by atoms with van der Waals surface area (Å²) in [6.07, 6.45) is 5.36. The zero-order chi connectivity index (χ0) is 14.3. The summed E-state index contributed by atoms with van der Waals surface area (Å²) in [6, 6.07) is 0. The van der Waals surface area contributed by atoms with Crippen molar-refractivity contribution in [3.8, 4) is 0 Å². The minimum absolute atomic E-state index is 0.0704. The van der Waals surface area contributed by atoms with Crippen LogP contribution < -0.4 is 5.32 Å². The molecular weight excluding hydrogens is 351 g/mol. The molecule has 0 radical (unpaired) electrons. The number of hydrogen-bond acceptors (Lipinski definition) is 3. The first-order valence-electron chi connectivity index (χ1n) is 6.83. The molecule has 0 saturated carbocycles. The highest BCUT2D eigenvalue weighted by atomic mass is 127. The van der Waals surface area contributed by atoms with Gasteiger partial charge < -0.3 is 10.4 Å². The van der Waals surface area contributed by atoms with E-state index in [2.05, 4.69) is 65.8 Å². The van der Waals surface area contributed by atoms with Crippen LogP contribution in [-0.4, -0.2) is 29.6 Å². The van der Waals surface area contributed by atoms with E-state index in [1.54, 1.807) is 0 Å². The van der Waals surface area contributed by atoms with E-state index >= 15 is 0 Å². The molecule has 19 heavy (non-hydrogen) atoms. The number of halogens is 1. The predicted molar refractivity (Wildman–Crippen MR) is 88.7 cm³/mol. The number of hydrogen-bond donors (Lipinski definition) is 2. The van der Waals surface area contributed by atoms with Crippen LogP contribution in [0.5, 0.6) is 0 Å². The summed E-state index contributed by atoms with van der Waals surface area (Å²) in [4.78, 5) is 4.57. The monoisotopic (exact) mass is 374 g/mol. The number of aliphatic hydroxyl groups is 1. The second kappa shape index (κ2) is 5.20. The number of allylic oxidation sites excluding steroid dienone is 2. The van der Waals surface area contributed by atoms with Crippen molar-refractivity contribution in [2.24, 2.45) is 16.3 Å². The third-order valence-corrected chi connectivity index (χ3v) is 5.20. The SMILES string of the molecule is CC(C)(C)C1=CC(C2=NCCCN2)C(C)(O)C(I)=C1. The summed E-state index contributed by atoms with van der Waals surface area (Å²) in [5.41, 5.74) is 0.488. The molecule has 1 aliphatic carbocycles. The van der Waals surface area contributed by atoms with Gasteiger partial charge in [-0.15, -0.1) is 0 Å². The average Bonchev–Trinajstić information content (AvgIpc) is 2.32. The third-order valence-electron chi connectivity index (χ3n) is 3.80. The van der Waals surface area contributed by atoms with E-state index in [0.717, 1.165) is 28.9 Å². The van der Waals surface area contributed by atoms with Crippen molar-refractivity contribution in [2.45, 2.75) is 39.7 Å². The first kappa shape index (κ1) is 15.0. The molecule has 0 bridgehead atoms. The van der Waals surface area contributed by atoms with Crippen molar-refractivity contribution < 1.29 is 5.11 Å². The zero-order valence-corrected chi connectivity index (χ0v) is 14.3. The van der Waals surface area contributed by atoms with Crippen LogP contribution in [0.25, 0.3) is 0 Å². The number of nitrogens with one attached hydrogen (secondary N) is 1. The van der Waals surface area contributed by atoms with Crippen LogP contribution in [0.3, 0.4) is 0 Å². The molecule has 0 saturated heterocycles. The molecule has 0 fully saturated rings. The number of rotatable bonds is 1. The molecule has 2 rings (SSSR count). The average molecular weight is 374 g/mol. The standard InChI is InChI=1S/C15H23IN2O/c1-14(2,3)10-8-11(13-17-6-5-7-18-13)15(4,19)12(16)9-10/h8-9,11,19H,5-7H2,1-4H3,(H,17,18). The Morgan fingerprint density at radius 2 is 2.16 bits per heavy atom. The molecule has 2 unspecified atom stereocenters. The van der Waals surface area contributed by atoms with Gasteiger partial charge in [-0.2, -0.15) is 0 Å². The smallest absolute Gasteiger partial charge is 0.107 e. The predicted octanol–water partition coefficient (Wildman–Crippen LogP) is 3.05. The second-order valence-corrected chi connectivity index (χ2v) is 7.70. The largest absolute Gasteiger partial charge is 0.384 e. The Morgan fingerprint density at radius 1 is 1.47 bits per heavy atom. The summed E-state index contributed by atoms with van der Waals surface area (Å²) in [5, 5.41) is 14.1. The van der Waals surface area contributed by atoms with Crippen LogP contribution in [-0.2, 0) is 0 Å². The maximum atomic E-state index is 10.8. The lowest BCUT2D eigenvalue weighted by molar-refractivity contribution is 0.0857. The molecule has 2 N–H and O–H groups in total. The van der Waals surface area contributed by atoms with Crippen LogP contribution in [0.1, 0.15) is 34.1 Å². The van der Waals surface area contributed by atoms with Gasteiger partial charge in [0.2, 0.25) is 0 Å². The molecule has 106 valence electrons. The molecule has 2 atom stereocenters. The molecule has 2 aliphatic rings. The lowest BCUT2D eigenvalue weighted by Gasteiger charge is -2.38. The molecule has 1 heterocycles. The molecule has 0 aromatic heterocycles. The summed E-state index contributed by atoms with van der Waals surface area (Å²) in [7, 11) is 0. The fraction of sp³-hybridized carbons (Fsp3) is 0.667. The minimum Gasteiger partial charge on any atom is -0.384 e. The Kier molecular flexibility index (Phi) is 4.12. The van der Waals surface area contributed by atoms with Crippen molar-refractivity contribution in [1.82, 2.24) is 5.32 Å². The van der Waals surface area contributed by atoms with E-state index in [0.29, 0.717) is 0 Å². The molecular formula is C15H23IN2O. The second-order valence-electron chi connectivity index (χ2n) is 6.54. The maximum absolute atomic E-state index is 10.8. The number of amidine groups is 1. The summed E-state index contributed by atoms with van der Waals surface area (Å²) >= 11 is 2.25. The van der Waals surface area contributed by atoms with Crippen molar-refractivity contribution in [3.63, 3.8) is 0 Å². The van der Waals surface area contributed by atoms with Crippen molar-refractivity contribution in [1.29, 1.82) is 0 Å². The van der Waals surface area contributed by atoms with E-state index in [4.69, 9.17) is 0 Å². The first-order valence-corrected chi connectivity index (χ1v) is 7.91. The normalized spacial score (nSPS) is 32.1. The van der Waals surface area contributed by atoms with Gasteiger partial charge in [0.15, 0.2) is 0 Å². The number of aliphatic imine (C=N–C) groups is 1. The molecule has 0 amide bonds. The minimum atomic E-state index is -0.863. The van der Waals surface area contributed by atoms with Gasteiger partial charge in [-0.25, -0.2) is 0 Å². The van der Waals surface area contributed by atoms with Crippen LogP contribution in [0.15, 0.2) is 26.3 Å². The molecule has 4 heteroatoms. The lowest BCUT2D eigenvalue weighted by atomic mass is 9.75. The van der Waals surface area contributed by atoms with Gasteiger partial charge in [0.25, 0.3) is 0 Å². The zero-order valence-electron chi connectivity index (χ0n) is 12.1. The Balaban J connectivity index is 2.42. The maximum Gasteiger partial charge on any atom is 0.107 e. The van der Waals surface area contributed by atoms with Gasteiger partial charge in [0.05, 0.1) is 5.92 Å². The van der Waals surface area contributed by atoms with Crippen LogP contribution >= 0.6 is 22.6 Å². The van der Waals surface area contributed by atoms with Gasteiger partial charge in [-0.05, 0) is 53.0 Å². The lowest BCUT2D eigenvalue weighted by Crippen LogP contribution is -2.47. The van der Waals surface area contributed by atoms with Gasteiger partial charge in [-0.1, -0.05) is 26.8 Å². The Morgan fingerprint density at radius 3 is 2.68 bits per heavy atom. The van der Waals surface area contributed by atoms with Crippen LogP contribution in [0.4, 0.5) is 0 Å².